The predicted octanol–water partition coefficient (Wildman–Crippen LogP) is 2.73. The molecule has 0 bridgehead atoms. The summed E-state index contributed by atoms with van der Waals surface area (Å²) < 4.78 is 41.8. The van der Waals surface area contributed by atoms with Gasteiger partial charge in [0.1, 0.15) is 17.2 Å². The minimum atomic E-state index is -1.24. The smallest absolute Gasteiger partial charge is 0.344 e. The zero-order valence-corrected chi connectivity index (χ0v) is 11.7. The maximum absolute atomic E-state index is 13.4. The summed E-state index contributed by atoms with van der Waals surface area (Å²) >= 11 is 0. The van der Waals surface area contributed by atoms with Gasteiger partial charge < -0.3 is 14.2 Å². The van der Waals surface area contributed by atoms with Gasteiger partial charge in [-0.05, 0) is 30.3 Å². The van der Waals surface area contributed by atoms with Crippen LogP contribution in [-0.2, 0) is 4.74 Å². The van der Waals surface area contributed by atoms with E-state index in [0.29, 0.717) is 11.5 Å². The highest BCUT2D eigenvalue weighted by molar-refractivity contribution is 6.00. The van der Waals surface area contributed by atoms with Crippen molar-refractivity contribution in [3.63, 3.8) is 0 Å². The minimum Gasteiger partial charge on any atom is -0.454 e. The average molecular weight is 320 g/mol. The van der Waals surface area contributed by atoms with Crippen molar-refractivity contribution < 1.29 is 32.6 Å². The van der Waals surface area contributed by atoms with Gasteiger partial charge in [0.25, 0.3) is 0 Å². The Morgan fingerprint density at radius 3 is 2.48 bits per heavy atom. The van der Waals surface area contributed by atoms with Crippen LogP contribution < -0.4 is 9.47 Å². The second kappa shape index (κ2) is 6.04. The molecular weight excluding hydrogens is 310 g/mol. The van der Waals surface area contributed by atoms with Crippen LogP contribution in [0.25, 0.3) is 0 Å². The van der Waals surface area contributed by atoms with Gasteiger partial charge in [0.2, 0.25) is 6.79 Å². The highest BCUT2D eigenvalue weighted by Gasteiger charge is 2.21. The Labute approximate surface area is 129 Å². The van der Waals surface area contributed by atoms with Gasteiger partial charge in [-0.1, -0.05) is 6.07 Å². The number of halogens is 2. The second-order valence-corrected chi connectivity index (χ2v) is 4.66. The summed E-state index contributed by atoms with van der Waals surface area (Å²) in [7, 11) is 0. The lowest BCUT2D eigenvalue weighted by atomic mass is 10.1. The van der Waals surface area contributed by atoms with Crippen LogP contribution in [0.5, 0.6) is 11.5 Å². The van der Waals surface area contributed by atoms with Crippen molar-refractivity contribution in [2.75, 3.05) is 13.4 Å². The van der Waals surface area contributed by atoms with Crippen molar-refractivity contribution in [1.82, 2.24) is 0 Å². The molecule has 118 valence electrons. The first kappa shape index (κ1) is 15.0. The molecule has 0 radical (unpaired) electrons. The first-order chi connectivity index (χ1) is 11.1. The largest absolute Gasteiger partial charge is 0.454 e. The maximum atomic E-state index is 13.4. The van der Waals surface area contributed by atoms with Crippen LogP contribution in [-0.4, -0.2) is 25.2 Å². The third-order valence-electron chi connectivity index (χ3n) is 3.20. The van der Waals surface area contributed by atoms with E-state index in [0.717, 1.165) is 18.2 Å². The van der Waals surface area contributed by atoms with Crippen molar-refractivity contribution in [3.05, 3.63) is 59.2 Å². The number of carbonyl (C=O) groups excluding carboxylic acids is 2. The van der Waals surface area contributed by atoms with Gasteiger partial charge in [-0.25, -0.2) is 13.6 Å². The van der Waals surface area contributed by atoms with Crippen LogP contribution in [0, 0.1) is 11.6 Å². The molecule has 5 nitrogen and oxygen atoms in total. The molecule has 1 heterocycles. The van der Waals surface area contributed by atoms with E-state index in [-0.39, 0.29) is 12.4 Å². The van der Waals surface area contributed by atoms with Crippen LogP contribution in [0.1, 0.15) is 20.7 Å². The number of esters is 1. The molecule has 7 heteroatoms. The number of fused-ring (bicyclic) bond motifs is 1. The molecule has 0 saturated heterocycles. The zero-order chi connectivity index (χ0) is 16.4. The van der Waals surface area contributed by atoms with E-state index in [1.165, 1.54) is 12.1 Å². The molecule has 0 amide bonds. The quantitative estimate of drug-likeness (QED) is 0.640. The topological polar surface area (TPSA) is 61.8 Å². The predicted molar refractivity (Wildman–Crippen MR) is 73.5 cm³/mol. The number of rotatable bonds is 4. The number of benzene rings is 2. The van der Waals surface area contributed by atoms with Gasteiger partial charge in [0, 0.05) is 5.56 Å². The van der Waals surface area contributed by atoms with E-state index in [1.54, 1.807) is 6.07 Å². The fourth-order valence-electron chi connectivity index (χ4n) is 2.05. The molecule has 0 saturated carbocycles. The maximum Gasteiger partial charge on any atom is 0.344 e. The van der Waals surface area contributed by atoms with Crippen molar-refractivity contribution in [2.45, 2.75) is 0 Å². The van der Waals surface area contributed by atoms with Crippen LogP contribution in [0.3, 0.4) is 0 Å². The van der Waals surface area contributed by atoms with E-state index < -0.39 is 35.6 Å². The lowest BCUT2D eigenvalue weighted by Crippen LogP contribution is -2.16. The second-order valence-electron chi connectivity index (χ2n) is 4.66. The molecule has 1 aliphatic rings. The van der Waals surface area contributed by atoms with Crippen molar-refractivity contribution >= 4 is 11.8 Å². The molecule has 2 aromatic carbocycles. The number of hydrogen-bond acceptors (Lipinski definition) is 5. The summed E-state index contributed by atoms with van der Waals surface area (Å²) in [5.74, 6) is -2.96. The van der Waals surface area contributed by atoms with Gasteiger partial charge in [0.15, 0.2) is 23.9 Å². The highest BCUT2D eigenvalue weighted by Crippen LogP contribution is 2.32. The summed E-state index contributed by atoms with van der Waals surface area (Å²) in [5.41, 5.74) is -0.595. The van der Waals surface area contributed by atoms with Crippen molar-refractivity contribution in [1.29, 1.82) is 0 Å². The Bertz CT molecular complexity index is 768. The van der Waals surface area contributed by atoms with E-state index in [9.17, 15) is 18.4 Å². The number of carbonyl (C=O) groups is 2. The Morgan fingerprint density at radius 2 is 1.74 bits per heavy atom. The van der Waals surface area contributed by atoms with Crippen LogP contribution in [0.4, 0.5) is 8.78 Å². The third-order valence-corrected chi connectivity index (χ3v) is 3.20. The molecule has 1 aliphatic heterocycles. The molecule has 23 heavy (non-hydrogen) atoms. The molecule has 3 rings (SSSR count). The first-order valence-corrected chi connectivity index (χ1v) is 6.60. The third kappa shape index (κ3) is 2.98. The lowest BCUT2D eigenvalue weighted by molar-refractivity contribution is 0.0465. The molecular formula is C16H10F2O5. The molecule has 0 aliphatic carbocycles. The molecule has 0 N–H and O–H groups in total. The number of hydrogen-bond donors (Lipinski definition) is 0. The van der Waals surface area contributed by atoms with Crippen LogP contribution >= 0.6 is 0 Å². The SMILES string of the molecule is O=C(COC(=O)c1c(F)cccc1F)c1ccc2c(c1)OCO2. The molecule has 0 spiro atoms. The summed E-state index contributed by atoms with van der Waals surface area (Å²) in [6, 6.07) is 7.46. The van der Waals surface area contributed by atoms with Gasteiger partial charge >= 0.3 is 5.97 Å². The Morgan fingerprint density at radius 1 is 1.04 bits per heavy atom. The van der Waals surface area contributed by atoms with Crippen LogP contribution in [0.15, 0.2) is 36.4 Å². The van der Waals surface area contributed by atoms with Gasteiger partial charge in [0.05, 0.1) is 0 Å². The van der Waals surface area contributed by atoms with Gasteiger partial charge in [-0.15, -0.1) is 0 Å². The first-order valence-electron chi connectivity index (χ1n) is 6.60. The monoisotopic (exact) mass is 320 g/mol. The molecule has 0 fully saturated rings. The summed E-state index contributed by atoms with van der Waals surface area (Å²) in [6.45, 7) is -0.583. The normalized spacial score (nSPS) is 12.1. The molecule has 0 unspecified atom stereocenters. The number of ketones is 1. The number of Topliss-reactive ketones (excluding diaryl/α,β-unsaturated/α-hetero) is 1. The molecule has 0 aromatic heterocycles. The fourth-order valence-corrected chi connectivity index (χ4v) is 2.05. The van der Waals surface area contributed by atoms with E-state index in [2.05, 4.69) is 4.74 Å². The van der Waals surface area contributed by atoms with Crippen LogP contribution in [0.2, 0.25) is 0 Å². The Hall–Kier alpha value is -2.96. The van der Waals surface area contributed by atoms with Crippen molar-refractivity contribution in [3.8, 4) is 11.5 Å². The zero-order valence-electron chi connectivity index (χ0n) is 11.7. The summed E-state index contributed by atoms with van der Waals surface area (Å²) in [6.07, 6.45) is 0. The lowest BCUT2D eigenvalue weighted by Gasteiger charge is -2.06. The summed E-state index contributed by atoms with van der Waals surface area (Å²) in [4.78, 5) is 23.7. The van der Waals surface area contributed by atoms with E-state index in [4.69, 9.17) is 9.47 Å². The summed E-state index contributed by atoms with van der Waals surface area (Å²) in [5, 5.41) is 0. The molecule has 2 aromatic rings. The standard InChI is InChI=1S/C16H10F2O5/c17-10-2-1-3-11(18)15(10)16(20)21-7-12(19)9-4-5-13-14(6-9)23-8-22-13/h1-6H,7-8H2. The highest BCUT2D eigenvalue weighted by atomic mass is 19.1. The molecule has 0 atom stereocenters. The van der Waals surface area contributed by atoms with E-state index >= 15 is 0 Å². The van der Waals surface area contributed by atoms with Crippen molar-refractivity contribution in [2.24, 2.45) is 0 Å². The number of ether oxygens (including phenoxy) is 3. The average Bonchev–Trinajstić information content (AvgIpc) is 3.00. The Balaban J connectivity index is 1.68. The minimum absolute atomic E-state index is 0.0640. The van der Waals surface area contributed by atoms with Gasteiger partial charge in [-0.3, -0.25) is 4.79 Å². The fraction of sp³-hybridized carbons (Fsp3) is 0.125. The van der Waals surface area contributed by atoms with E-state index in [1.807, 2.05) is 0 Å². The van der Waals surface area contributed by atoms with Gasteiger partial charge in [-0.2, -0.15) is 0 Å². The Kier molecular flexibility index (Phi) is 3.92.